The highest BCUT2D eigenvalue weighted by Gasteiger charge is 2.42. The molecule has 2 aliphatic heterocycles. The highest BCUT2D eigenvalue weighted by atomic mass is 19.2. The standard InChI is InChI=1S/C20H24F2N4/c1-15-19(24-8-7-23-15)26-10-6-20(14-26)5-2-9-25(13-20)12-16-3-4-17(21)18(22)11-16/h3-4,7-8,11H,2,5-6,9-10,12-14H2,1H3. The Kier molecular flexibility index (Phi) is 4.61. The molecular weight excluding hydrogens is 334 g/mol. The van der Waals surface area contributed by atoms with E-state index < -0.39 is 11.6 Å². The van der Waals surface area contributed by atoms with Crippen molar-refractivity contribution in [2.75, 3.05) is 31.1 Å². The fourth-order valence-electron chi connectivity index (χ4n) is 4.50. The van der Waals surface area contributed by atoms with Crippen LogP contribution in [0, 0.1) is 24.0 Å². The molecule has 4 nitrogen and oxygen atoms in total. The normalized spacial score (nSPS) is 23.7. The van der Waals surface area contributed by atoms with Crippen LogP contribution in [0.3, 0.4) is 0 Å². The van der Waals surface area contributed by atoms with Crippen LogP contribution in [0.2, 0.25) is 0 Å². The van der Waals surface area contributed by atoms with Crippen molar-refractivity contribution in [1.29, 1.82) is 0 Å². The van der Waals surface area contributed by atoms with Gasteiger partial charge < -0.3 is 4.90 Å². The molecule has 6 heteroatoms. The zero-order valence-electron chi connectivity index (χ0n) is 15.1. The molecule has 1 atom stereocenters. The Morgan fingerprint density at radius 2 is 1.88 bits per heavy atom. The summed E-state index contributed by atoms with van der Waals surface area (Å²) in [4.78, 5) is 13.6. The van der Waals surface area contributed by atoms with Crippen molar-refractivity contribution in [2.45, 2.75) is 32.7 Å². The molecule has 0 amide bonds. The van der Waals surface area contributed by atoms with E-state index >= 15 is 0 Å². The van der Waals surface area contributed by atoms with E-state index in [1.807, 2.05) is 6.92 Å². The van der Waals surface area contributed by atoms with Crippen molar-refractivity contribution < 1.29 is 8.78 Å². The summed E-state index contributed by atoms with van der Waals surface area (Å²) in [5.74, 6) is -0.559. The largest absolute Gasteiger partial charge is 0.354 e. The van der Waals surface area contributed by atoms with Gasteiger partial charge in [0.1, 0.15) is 5.82 Å². The zero-order valence-corrected chi connectivity index (χ0v) is 15.1. The fourth-order valence-corrected chi connectivity index (χ4v) is 4.50. The number of aryl methyl sites for hydroxylation is 1. The molecular formula is C20H24F2N4. The molecule has 0 radical (unpaired) electrons. The van der Waals surface area contributed by atoms with Gasteiger partial charge in [-0.25, -0.2) is 13.8 Å². The monoisotopic (exact) mass is 358 g/mol. The van der Waals surface area contributed by atoms with Gasteiger partial charge in [0.25, 0.3) is 0 Å². The van der Waals surface area contributed by atoms with Gasteiger partial charge in [-0.1, -0.05) is 6.07 Å². The molecule has 2 aliphatic rings. The number of nitrogens with zero attached hydrogens (tertiary/aromatic N) is 4. The van der Waals surface area contributed by atoms with E-state index in [4.69, 9.17) is 0 Å². The molecule has 1 spiro atoms. The van der Waals surface area contributed by atoms with Crippen LogP contribution in [0.5, 0.6) is 0 Å². The number of hydrogen-bond acceptors (Lipinski definition) is 4. The van der Waals surface area contributed by atoms with E-state index in [0.717, 1.165) is 56.1 Å². The molecule has 0 N–H and O–H groups in total. The highest BCUT2D eigenvalue weighted by Crippen LogP contribution is 2.40. The number of rotatable bonds is 3. The lowest BCUT2D eigenvalue weighted by molar-refractivity contribution is 0.0990. The van der Waals surface area contributed by atoms with Crippen LogP contribution in [0.1, 0.15) is 30.5 Å². The molecule has 1 aromatic carbocycles. The molecule has 2 saturated heterocycles. The molecule has 0 saturated carbocycles. The quantitative estimate of drug-likeness (QED) is 0.840. The second-order valence-corrected chi connectivity index (χ2v) is 7.70. The average molecular weight is 358 g/mol. The van der Waals surface area contributed by atoms with Crippen LogP contribution in [-0.4, -0.2) is 41.0 Å². The predicted octanol–water partition coefficient (Wildman–Crippen LogP) is 3.56. The lowest BCUT2D eigenvalue weighted by Crippen LogP contribution is -2.44. The Hall–Kier alpha value is -2.08. The first kappa shape index (κ1) is 17.3. The Labute approximate surface area is 152 Å². The Morgan fingerprint density at radius 3 is 2.69 bits per heavy atom. The molecule has 2 aromatic rings. The van der Waals surface area contributed by atoms with Crippen molar-refractivity contribution >= 4 is 5.82 Å². The van der Waals surface area contributed by atoms with E-state index in [0.29, 0.717) is 6.54 Å². The van der Waals surface area contributed by atoms with Crippen molar-refractivity contribution in [3.63, 3.8) is 0 Å². The summed E-state index contributed by atoms with van der Waals surface area (Å²) in [7, 11) is 0. The Balaban J connectivity index is 1.45. The predicted molar refractivity (Wildman–Crippen MR) is 96.9 cm³/mol. The van der Waals surface area contributed by atoms with Gasteiger partial charge >= 0.3 is 0 Å². The number of benzene rings is 1. The number of piperidine rings is 1. The van der Waals surface area contributed by atoms with E-state index in [1.165, 1.54) is 18.6 Å². The van der Waals surface area contributed by atoms with Gasteiger partial charge in [0.15, 0.2) is 11.6 Å². The summed E-state index contributed by atoms with van der Waals surface area (Å²) >= 11 is 0. The van der Waals surface area contributed by atoms with Crippen LogP contribution in [0.4, 0.5) is 14.6 Å². The first-order chi connectivity index (χ1) is 12.5. The topological polar surface area (TPSA) is 32.3 Å². The van der Waals surface area contributed by atoms with Crippen LogP contribution in [0.25, 0.3) is 0 Å². The van der Waals surface area contributed by atoms with Crippen molar-refractivity contribution in [3.05, 3.63) is 53.5 Å². The van der Waals surface area contributed by atoms with Gasteiger partial charge in [0.05, 0.1) is 5.69 Å². The average Bonchev–Trinajstić information content (AvgIpc) is 3.02. The van der Waals surface area contributed by atoms with Crippen LogP contribution < -0.4 is 4.90 Å². The molecule has 1 aromatic heterocycles. The lowest BCUT2D eigenvalue weighted by atomic mass is 9.79. The van der Waals surface area contributed by atoms with Crippen molar-refractivity contribution in [3.8, 4) is 0 Å². The summed E-state index contributed by atoms with van der Waals surface area (Å²) in [6.07, 6.45) is 6.96. The van der Waals surface area contributed by atoms with Crippen LogP contribution in [-0.2, 0) is 6.54 Å². The van der Waals surface area contributed by atoms with Crippen LogP contribution in [0.15, 0.2) is 30.6 Å². The fraction of sp³-hybridized carbons (Fsp3) is 0.500. The summed E-state index contributed by atoms with van der Waals surface area (Å²) in [6, 6.07) is 4.22. The van der Waals surface area contributed by atoms with E-state index in [-0.39, 0.29) is 5.41 Å². The minimum Gasteiger partial charge on any atom is -0.354 e. The van der Waals surface area contributed by atoms with Gasteiger partial charge in [0.2, 0.25) is 0 Å². The maximum Gasteiger partial charge on any atom is 0.159 e. The van der Waals surface area contributed by atoms with E-state index in [9.17, 15) is 8.78 Å². The number of anilines is 1. The molecule has 1 unspecified atom stereocenters. The van der Waals surface area contributed by atoms with Crippen molar-refractivity contribution in [1.82, 2.24) is 14.9 Å². The Bertz CT molecular complexity index is 797. The second kappa shape index (κ2) is 6.91. The number of hydrogen-bond donors (Lipinski definition) is 0. The molecule has 0 aliphatic carbocycles. The van der Waals surface area contributed by atoms with Gasteiger partial charge in [0, 0.05) is 44.0 Å². The minimum absolute atomic E-state index is 0.251. The summed E-state index contributed by atoms with van der Waals surface area (Å²) < 4.78 is 26.6. The SMILES string of the molecule is Cc1nccnc1N1CCC2(CCCN(Cc3ccc(F)c(F)c3)C2)C1. The summed E-state index contributed by atoms with van der Waals surface area (Å²) in [6.45, 7) is 6.65. The Morgan fingerprint density at radius 1 is 1.04 bits per heavy atom. The molecule has 3 heterocycles. The number of aromatic nitrogens is 2. The molecule has 2 fully saturated rings. The smallest absolute Gasteiger partial charge is 0.159 e. The summed E-state index contributed by atoms with van der Waals surface area (Å²) in [5.41, 5.74) is 2.06. The van der Waals surface area contributed by atoms with Gasteiger partial charge in [-0.3, -0.25) is 9.88 Å². The maximum atomic E-state index is 13.5. The van der Waals surface area contributed by atoms with Gasteiger partial charge in [-0.05, 0) is 50.4 Å². The first-order valence-corrected chi connectivity index (χ1v) is 9.24. The molecule has 138 valence electrons. The van der Waals surface area contributed by atoms with Gasteiger partial charge in [-0.2, -0.15) is 0 Å². The van der Waals surface area contributed by atoms with Crippen molar-refractivity contribution in [2.24, 2.45) is 5.41 Å². The van der Waals surface area contributed by atoms with Gasteiger partial charge in [-0.15, -0.1) is 0 Å². The third kappa shape index (κ3) is 3.43. The second-order valence-electron chi connectivity index (χ2n) is 7.70. The van der Waals surface area contributed by atoms with E-state index in [2.05, 4.69) is 19.8 Å². The lowest BCUT2D eigenvalue weighted by Gasteiger charge is -2.40. The van der Waals surface area contributed by atoms with Crippen LogP contribution >= 0.6 is 0 Å². The third-order valence-electron chi connectivity index (χ3n) is 5.72. The molecule has 0 bridgehead atoms. The number of halogens is 2. The minimum atomic E-state index is -0.783. The third-order valence-corrected chi connectivity index (χ3v) is 5.72. The summed E-state index contributed by atoms with van der Waals surface area (Å²) in [5, 5.41) is 0. The number of likely N-dealkylation sites (tertiary alicyclic amines) is 1. The first-order valence-electron chi connectivity index (χ1n) is 9.24. The molecule has 4 rings (SSSR count). The highest BCUT2D eigenvalue weighted by molar-refractivity contribution is 5.44. The zero-order chi connectivity index (χ0) is 18.1. The maximum absolute atomic E-state index is 13.5. The van der Waals surface area contributed by atoms with E-state index in [1.54, 1.807) is 18.5 Å². The molecule has 26 heavy (non-hydrogen) atoms.